The maximum atomic E-state index is 12.6. The second-order valence-corrected chi connectivity index (χ2v) is 7.32. The highest BCUT2D eigenvalue weighted by molar-refractivity contribution is 6.04. The molecule has 1 saturated heterocycles. The minimum Gasteiger partial charge on any atom is -0.322 e. The number of anilines is 1. The molecule has 2 aromatic carbocycles. The zero-order chi connectivity index (χ0) is 17.9. The van der Waals surface area contributed by atoms with Crippen molar-refractivity contribution in [2.75, 3.05) is 38.5 Å². The first-order valence-electron chi connectivity index (χ1n) is 9.31. The number of carbonyl (C=O) groups excluding carboxylic acids is 1. The molecule has 5 nitrogen and oxygen atoms in total. The van der Waals surface area contributed by atoms with Crippen molar-refractivity contribution in [1.82, 2.24) is 15.1 Å². The van der Waals surface area contributed by atoms with Crippen LogP contribution in [-0.4, -0.2) is 48.9 Å². The highest BCUT2D eigenvalue weighted by Gasteiger charge is 2.15. The van der Waals surface area contributed by atoms with E-state index in [1.807, 2.05) is 30.3 Å². The van der Waals surface area contributed by atoms with Crippen molar-refractivity contribution in [3.05, 3.63) is 64.7 Å². The third-order valence-electron chi connectivity index (χ3n) is 5.29. The molecular formula is C21H26N4O. The summed E-state index contributed by atoms with van der Waals surface area (Å²) in [6, 6.07) is 14.2. The van der Waals surface area contributed by atoms with Gasteiger partial charge in [-0.15, -0.1) is 0 Å². The van der Waals surface area contributed by atoms with E-state index in [4.69, 9.17) is 0 Å². The molecule has 0 radical (unpaired) electrons. The smallest absolute Gasteiger partial charge is 0.255 e. The van der Waals surface area contributed by atoms with Gasteiger partial charge in [-0.1, -0.05) is 18.2 Å². The molecular weight excluding hydrogens is 324 g/mol. The van der Waals surface area contributed by atoms with Gasteiger partial charge in [-0.3, -0.25) is 9.69 Å². The van der Waals surface area contributed by atoms with E-state index in [0.29, 0.717) is 0 Å². The molecule has 0 bridgehead atoms. The van der Waals surface area contributed by atoms with Crippen LogP contribution in [-0.2, 0) is 19.6 Å². The summed E-state index contributed by atoms with van der Waals surface area (Å²) in [5.74, 6) is -0.0450. The molecule has 0 unspecified atom stereocenters. The maximum absolute atomic E-state index is 12.6. The van der Waals surface area contributed by atoms with Gasteiger partial charge in [0.1, 0.15) is 0 Å². The van der Waals surface area contributed by atoms with Crippen LogP contribution in [0.3, 0.4) is 0 Å². The molecule has 0 spiro atoms. The van der Waals surface area contributed by atoms with E-state index >= 15 is 0 Å². The number of piperazine rings is 1. The van der Waals surface area contributed by atoms with Gasteiger partial charge in [0.2, 0.25) is 0 Å². The van der Waals surface area contributed by atoms with E-state index in [0.717, 1.165) is 57.1 Å². The van der Waals surface area contributed by atoms with Crippen LogP contribution in [0, 0.1) is 0 Å². The SMILES string of the molecule is CN1CCN(Cc2cccc(NC(=O)c3ccc4c(c3)CNC4)c2)CC1. The molecule has 136 valence electrons. The molecule has 2 N–H and O–H groups in total. The number of nitrogens with zero attached hydrogens (tertiary/aromatic N) is 2. The molecule has 2 heterocycles. The largest absolute Gasteiger partial charge is 0.322 e. The van der Waals surface area contributed by atoms with Gasteiger partial charge in [0.15, 0.2) is 0 Å². The molecule has 0 saturated carbocycles. The topological polar surface area (TPSA) is 47.6 Å². The number of amides is 1. The normalized spacial score (nSPS) is 17.9. The minimum atomic E-state index is -0.0450. The van der Waals surface area contributed by atoms with Crippen molar-refractivity contribution < 1.29 is 4.79 Å². The monoisotopic (exact) mass is 350 g/mol. The quantitative estimate of drug-likeness (QED) is 0.888. The Morgan fingerprint density at radius 2 is 1.85 bits per heavy atom. The lowest BCUT2D eigenvalue weighted by Gasteiger charge is -2.32. The Morgan fingerprint density at radius 3 is 2.69 bits per heavy atom. The Bertz CT molecular complexity index is 796. The number of hydrogen-bond acceptors (Lipinski definition) is 4. The summed E-state index contributed by atoms with van der Waals surface area (Å²) in [6.07, 6.45) is 0. The molecule has 0 atom stereocenters. The average molecular weight is 350 g/mol. The van der Waals surface area contributed by atoms with Gasteiger partial charge in [0.05, 0.1) is 0 Å². The number of fused-ring (bicyclic) bond motifs is 1. The Labute approximate surface area is 155 Å². The second kappa shape index (κ2) is 7.58. The van der Waals surface area contributed by atoms with Crippen LogP contribution >= 0.6 is 0 Å². The molecule has 1 amide bonds. The molecule has 26 heavy (non-hydrogen) atoms. The minimum absolute atomic E-state index is 0.0450. The van der Waals surface area contributed by atoms with Gasteiger partial charge < -0.3 is 15.5 Å². The summed E-state index contributed by atoms with van der Waals surface area (Å²) in [4.78, 5) is 17.4. The number of rotatable bonds is 4. The van der Waals surface area contributed by atoms with E-state index in [-0.39, 0.29) is 5.91 Å². The molecule has 2 aromatic rings. The molecule has 1 fully saturated rings. The summed E-state index contributed by atoms with van der Waals surface area (Å²) in [5.41, 5.74) is 5.33. The lowest BCUT2D eigenvalue weighted by molar-refractivity contribution is 0.102. The summed E-state index contributed by atoms with van der Waals surface area (Å²) >= 11 is 0. The first-order valence-corrected chi connectivity index (χ1v) is 9.31. The van der Waals surface area contributed by atoms with E-state index in [2.05, 4.69) is 39.6 Å². The van der Waals surface area contributed by atoms with E-state index in [1.54, 1.807) is 0 Å². The summed E-state index contributed by atoms with van der Waals surface area (Å²) in [7, 11) is 2.17. The van der Waals surface area contributed by atoms with E-state index < -0.39 is 0 Å². The zero-order valence-corrected chi connectivity index (χ0v) is 15.3. The van der Waals surface area contributed by atoms with Crippen molar-refractivity contribution in [2.24, 2.45) is 0 Å². The molecule has 5 heteroatoms. The molecule has 4 rings (SSSR count). The van der Waals surface area contributed by atoms with Crippen molar-refractivity contribution in [3.8, 4) is 0 Å². The first-order chi connectivity index (χ1) is 12.7. The summed E-state index contributed by atoms with van der Waals surface area (Å²) in [6.45, 7) is 7.09. The third-order valence-corrected chi connectivity index (χ3v) is 5.29. The zero-order valence-electron chi connectivity index (χ0n) is 15.3. The van der Waals surface area contributed by atoms with Crippen LogP contribution in [0.5, 0.6) is 0 Å². The fraction of sp³-hybridized carbons (Fsp3) is 0.381. The number of likely N-dealkylation sites (N-methyl/N-ethyl adjacent to an activating group) is 1. The fourth-order valence-electron chi connectivity index (χ4n) is 3.65. The Kier molecular flexibility index (Phi) is 5.02. The van der Waals surface area contributed by atoms with Crippen LogP contribution in [0.15, 0.2) is 42.5 Å². The third kappa shape index (κ3) is 3.96. The van der Waals surface area contributed by atoms with Crippen LogP contribution in [0.25, 0.3) is 0 Å². The van der Waals surface area contributed by atoms with Gasteiger partial charge in [0, 0.05) is 57.1 Å². The summed E-state index contributed by atoms with van der Waals surface area (Å²) < 4.78 is 0. The predicted molar refractivity (Wildman–Crippen MR) is 104 cm³/mol. The van der Waals surface area contributed by atoms with Crippen LogP contribution in [0.4, 0.5) is 5.69 Å². The Morgan fingerprint density at radius 1 is 1.04 bits per heavy atom. The molecule has 0 aliphatic carbocycles. The number of carbonyl (C=O) groups is 1. The lowest BCUT2D eigenvalue weighted by Crippen LogP contribution is -2.43. The van der Waals surface area contributed by atoms with E-state index in [9.17, 15) is 4.79 Å². The van der Waals surface area contributed by atoms with Gasteiger partial charge >= 0.3 is 0 Å². The molecule has 2 aliphatic rings. The van der Waals surface area contributed by atoms with Crippen molar-refractivity contribution in [3.63, 3.8) is 0 Å². The molecule has 0 aromatic heterocycles. The Balaban J connectivity index is 1.41. The highest BCUT2D eigenvalue weighted by atomic mass is 16.1. The maximum Gasteiger partial charge on any atom is 0.255 e. The summed E-state index contributed by atoms with van der Waals surface area (Å²) in [5, 5.41) is 6.36. The molecule has 2 aliphatic heterocycles. The number of nitrogens with one attached hydrogen (secondary N) is 2. The lowest BCUT2D eigenvalue weighted by atomic mass is 10.1. The second-order valence-electron chi connectivity index (χ2n) is 7.32. The van der Waals surface area contributed by atoms with Crippen LogP contribution in [0.1, 0.15) is 27.0 Å². The van der Waals surface area contributed by atoms with Crippen molar-refractivity contribution in [1.29, 1.82) is 0 Å². The standard InChI is InChI=1S/C21H26N4O/c1-24-7-9-25(10-8-24)15-16-3-2-4-20(11-16)23-21(26)17-5-6-18-13-22-14-19(18)12-17/h2-6,11-12,22H,7-10,13-15H2,1H3,(H,23,26). The van der Waals surface area contributed by atoms with Crippen LogP contribution < -0.4 is 10.6 Å². The van der Waals surface area contributed by atoms with Crippen molar-refractivity contribution >= 4 is 11.6 Å². The average Bonchev–Trinajstić information content (AvgIpc) is 3.12. The predicted octanol–water partition coefficient (Wildman–Crippen LogP) is 2.29. The van der Waals surface area contributed by atoms with Gasteiger partial charge in [-0.2, -0.15) is 0 Å². The van der Waals surface area contributed by atoms with Gasteiger partial charge in [0.25, 0.3) is 5.91 Å². The van der Waals surface area contributed by atoms with Gasteiger partial charge in [-0.05, 0) is 48.0 Å². The highest BCUT2D eigenvalue weighted by Crippen LogP contribution is 2.19. The van der Waals surface area contributed by atoms with E-state index in [1.165, 1.54) is 16.7 Å². The first kappa shape index (κ1) is 17.2. The number of hydrogen-bond donors (Lipinski definition) is 2. The van der Waals surface area contributed by atoms with Crippen LogP contribution in [0.2, 0.25) is 0 Å². The Hall–Kier alpha value is -2.21. The van der Waals surface area contributed by atoms with Crippen molar-refractivity contribution in [2.45, 2.75) is 19.6 Å². The van der Waals surface area contributed by atoms with Gasteiger partial charge in [-0.25, -0.2) is 0 Å². The fourth-order valence-corrected chi connectivity index (χ4v) is 3.65. The number of benzene rings is 2.